The van der Waals surface area contributed by atoms with Crippen molar-refractivity contribution in [2.75, 3.05) is 51.1 Å². The number of fused-ring (bicyclic) bond motifs is 3. The normalized spacial score (nSPS) is 14.4. The van der Waals surface area contributed by atoms with E-state index in [0.29, 0.717) is 70.1 Å². The van der Waals surface area contributed by atoms with E-state index in [1.54, 1.807) is 39.2 Å². The third-order valence-corrected chi connectivity index (χ3v) is 8.59. The Labute approximate surface area is 264 Å². The highest BCUT2D eigenvalue weighted by Crippen LogP contribution is 2.50. The Morgan fingerprint density at radius 1 is 1.09 bits per heavy atom. The molecule has 0 radical (unpaired) electrons. The van der Waals surface area contributed by atoms with Crippen LogP contribution in [0.2, 0.25) is 0 Å². The molecule has 0 aliphatic heterocycles. The number of methoxy groups -OCH3 is 4. The van der Waals surface area contributed by atoms with Gasteiger partial charge in [-0.3, -0.25) is 19.7 Å². The summed E-state index contributed by atoms with van der Waals surface area (Å²) in [4.78, 5) is 39.4. The molecule has 12 nitrogen and oxygen atoms in total. The summed E-state index contributed by atoms with van der Waals surface area (Å²) < 4.78 is 22.2. The first kappa shape index (κ1) is 33.0. The average molecular weight is 644 g/mol. The van der Waals surface area contributed by atoms with Crippen molar-refractivity contribution in [1.82, 2.24) is 15.5 Å². The van der Waals surface area contributed by atoms with E-state index in [4.69, 9.17) is 18.9 Å². The molecule has 1 aromatic heterocycles. The number of thioether (sulfide) groups is 1. The minimum Gasteiger partial charge on any atom is -0.493 e. The van der Waals surface area contributed by atoms with Gasteiger partial charge in [0.1, 0.15) is 17.7 Å². The molecule has 1 aliphatic carbocycles. The van der Waals surface area contributed by atoms with Crippen LogP contribution >= 0.6 is 23.1 Å². The number of anilines is 2. The van der Waals surface area contributed by atoms with Crippen LogP contribution in [0.15, 0.2) is 29.1 Å². The van der Waals surface area contributed by atoms with Crippen LogP contribution in [0.4, 0.5) is 10.8 Å². The van der Waals surface area contributed by atoms with E-state index in [9.17, 15) is 14.4 Å². The molecule has 0 spiro atoms. The van der Waals surface area contributed by atoms with Crippen molar-refractivity contribution in [1.29, 1.82) is 0 Å². The van der Waals surface area contributed by atoms with Crippen molar-refractivity contribution < 1.29 is 28.5 Å². The molecule has 44 heavy (non-hydrogen) atoms. The maximum absolute atomic E-state index is 13.8. The molecule has 236 valence electrons. The quantitative estimate of drug-likeness (QED) is 0.248. The molecule has 14 heteroatoms. The molecular weight excluding hydrogens is 606 g/mol. The van der Waals surface area contributed by atoms with Crippen molar-refractivity contribution in [3.05, 3.63) is 50.6 Å². The number of aryl methyl sites for hydroxylation is 1. The first-order valence-corrected chi connectivity index (χ1v) is 16.1. The number of nitrogens with zero attached hydrogens (tertiary/aromatic N) is 2. The van der Waals surface area contributed by atoms with E-state index in [1.165, 1.54) is 31.4 Å². The van der Waals surface area contributed by atoms with E-state index < -0.39 is 12.1 Å². The third-order valence-electron chi connectivity index (χ3n) is 7.14. The summed E-state index contributed by atoms with van der Waals surface area (Å²) in [6, 6.07) is 5.73. The van der Waals surface area contributed by atoms with Crippen molar-refractivity contribution >= 4 is 45.7 Å². The molecule has 0 bridgehead atoms. The van der Waals surface area contributed by atoms with E-state index in [-0.39, 0.29) is 22.9 Å². The second-order valence-corrected chi connectivity index (χ2v) is 12.0. The summed E-state index contributed by atoms with van der Waals surface area (Å²) in [6.45, 7) is 1.74. The summed E-state index contributed by atoms with van der Waals surface area (Å²) in [5.74, 6) is 1.52. The minimum atomic E-state index is -0.732. The maximum Gasteiger partial charge on any atom is 0.248 e. The number of carbonyl (C=O) groups is 2. The van der Waals surface area contributed by atoms with Crippen LogP contribution < -0.4 is 35.6 Å². The molecule has 0 fully saturated rings. The Morgan fingerprint density at radius 2 is 1.86 bits per heavy atom. The molecule has 2 amide bonds. The van der Waals surface area contributed by atoms with Gasteiger partial charge in [-0.25, -0.2) is 0 Å². The van der Waals surface area contributed by atoms with Gasteiger partial charge in [-0.2, -0.15) is 11.8 Å². The molecule has 2 atom stereocenters. The van der Waals surface area contributed by atoms with E-state index in [1.807, 2.05) is 18.4 Å². The largest absolute Gasteiger partial charge is 0.493 e. The van der Waals surface area contributed by atoms with Gasteiger partial charge in [0.25, 0.3) is 0 Å². The van der Waals surface area contributed by atoms with Crippen LogP contribution in [0, 0.1) is 0 Å². The van der Waals surface area contributed by atoms with Gasteiger partial charge in [0.2, 0.25) is 28.1 Å². The van der Waals surface area contributed by atoms with Crippen LogP contribution in [0.1, 0.15) is 41.9 Å². The van der Waals surface area contributed by atoms with Crippen molar-refractivity contribution in [3.63, 3.8) is 0 Å². The topological polar surface area (TPSA) is 150 Å². The number of carbonyl (C=O) groups excluding carboxylic acids is 2. The Bertz CT molecular complexity index is 1570. The number of benzene rings is 1. The lowest BCUT2D eigenvalue weighted by molar-refractivity contribution is -0.120. The number of hydrogen-bond donors (Lipinski definition) is 3. The van der Waals surface area contributed by atoms with Gasteiger partial charge >= 0.3 is 0 Å². The fourth-order valence-corrected chi connectivity index (χ4v) is 6.38. The fourth-order valence-electron chi connectivity index (χ4n) is 5.20. The maximum atomic E-state index is 13.8. The molecule has 3 N–H and O–H groups in total. The van der Waals surface area contributed by atoms with Crippen LogP contribution in [-0.2, 0) is 27.4 Å². The smallest absolute Gasteiger partial charge is 0.248 e. The van der Waals surface area contributed by atoms with Crippen molar-refractivity contribution in [2.45, 2.75) is 44.9 Å². The molecule has 3 aromatic rings. The Morgan fingerprint density at radius 3 is 2.52 bits per heavy atom. The van der Waals surface area contributed by atoms with Gasteiger partial charge in [0.15, 0.2) is 11.5 Å². The first-order valence-electron chi connectivity index (χ1n) is 13.9. The average Bonchev–Trinajstić information content (AvgIpc) is 3.31. The number of aromatic nitrogens is 2. The fraction of sp³-hybridized carbons (Fsp3) is 0.433. The number of hydrogen-bond acceptors (Lipinski definition) is 12. The van der Waals surface area contributed by atoms with Gasteiger partial charge < -0.3 is 29.6 Å². The van der Waals surface area contributed by atoms with Gasteiger partial charge in [0, 0.05) is 19.6 Å². The van der Waals surface area contributed by atoms with E-state index in [2.05, 4.69) is 26.1 Å². The number of nitrogens with one attached hydrogen (secondary N) is 3. The second-order valence-electron chi connectivity index (χ2n) is 10.00. The zero-order valence-corrected chi connectivity index (χ0v) is 27.2. The second kappa shape index (κ2) is 15.2. The number of ether oxygens (including phenoxy) is 4. The summed E-state index contributed by atoms with van der Waals surface area (Å²) >= 11 is 2.81. The summed E-state index contributed by atoms with van der Waals surface area (Å²) in [5, 5.41) is 18.0. The molecular formula is C30H37N5O7S2. The van der Waals surface area contributed by atoms with E-state index >= 15 is 0 Å². The predicted octanol–water partition coefficient (Wildman–Crippen LogP) is 4.03. The highest BCUT2D eigenvalue weighted by Gasteiger charge is 2.30. The van der Waals surface area contributed by atoms with Crippen LogP contribution in [0.3, 0.4) is 0 Å². The Balaban J connectivity index is 1.80. The number of rotatable bonds is 13. The van der Waals surface area contributed by atoms with Gasteiger partial charge in [-0.05, 0) is 66.2 Å². The first-order chi connectivity index (χ1) is 21.2. The van der Waals surface area contributed by atoms with Crippen LogP contribution in [0.25, 0.3) is 11.1 Å². The molecule has 2 unspecified atom stereocenters. The van der Waals surface area contributed by atoms with Crippen molar-refractivity contribution in [2.24, 2.45) is 0 Å². The summed E-state index contributed by atoms with van der Waals surface area (Å²) in [6.07, 6.45) is 3.53. The summed E-state index contributed by atoms with van der Waals surface area (Å²) in [5.41, 5.74) is 2.90. The molecule has 2 aromatic carbocycles. The lowest BCUT2D eigenvalue weighted by atomic mass is 9.95. The highest BCUT2D eigenvalue weighted by molar-refractivity contribution is 7.98. The SMILES string of the molecule is COCc1nnc(NC(=O)C(CCSC)Nc2ccc3c(cc2=O)C(NC(C)=O)CCc2cc(OC)c(OC)c(OC)c2-3)s1. The standard InChI is InChI=1S/C30H37N5O7S2/c1-16(36)31-20-9-7-17-13-24(40-3)27(41-4)28(42-5)26(17)18-8-10-21(23(37)14-19(18)20)32-22(11-12-43-6)29(38)33-30-35-34-25(44-30)15-39-2/h8,10,13-14,20,22H,7,9,11-12,15H2,1-6H3,(H,31,36)(H,32,37)(H,33,35,38). The molecule has 4 rings (SSSR count). The summed E-state index contributed by atoms with van der Waals surface area (Å²) in [7, 11) is 6.20. The molecule has 0 saturated heterocycles. The Hall–Kier alpha value is -3.88. The van der Waals surface area contributed by atoms with E-state index in [0.717, 1.165) is 11.1 Å². The van der Waals surface area contributed by atoms with Gasteiger partial charge in [-0.15, -0.1) is 10.2 Å². The van der Waals surface area contributed by atoms with Crippen molar-refractivity contribution in [3.8, 4) is 28.4 Å². The molecule has 1 heterocycles. The molecule has 0 saturated carbocycles. The zero-order chi connectivity index (χ0) is 31.8. The van der Waals surface area contributed by atoms with Gasteiger partial charge in [0.05, 0.1) is 33.1 Å². The predicted molar refractivity (Wildman–Crippen MR) is 172 cm³/mol. The lowest BCUT2D eigenvalue weighted by Crippen LogP contribution is -2.36. The minimum absolute atomic E-state index is 0.217. The van der Waals surface area contributed by atoms with Crippen LogP contribution in [0.5, 0.6) is 17.2 Å². The zero-order valence-electron chi connectivity index (χ0n) is 25.6. The monoisotopic (exact) mass is 643 g/mol. The number of amides is 2. The third kappa shape index (κ3) is 7.42. The van der Waals surface area contributed by atoms with Crippen LogP contribution in [-0.4, -0.2) is 68.5 Å². The van der Waals surface area contributed by atoms with Gasteiger partial charge in [-0.1, -0.05) is 17.4 Å². The lowest BCUT2D eigenvalue weighted by Gasteiger charge is -2.19. The Kier molecular flexibility index (Phi) is 11.4. The highest BCUT2D eigenvalue weighted by atomic mass is 32.2. The molecule has 1 aliphatic rings.